The number of aliphatic hydroxyl groups excluding tert-OH is 1. The molecule has 2 N–H and O–H groups in total. The van der Waals surface area contributed by atoms with Gasteiger partial charge in [-0.3, -0.25) is 4.79 Å². The number of likely N-dealkylation sites (N-methyl/N-ethyl adjacent to an activating group) is 1. The molecular formula is C20H27N3O2. The highest BCUT2D eigenvalue weighted by molar-refractivity contribution is 6.02. The first-order valence-electron chi connectivity index (χ1n) is 9.42. The standard InChI is InChI=1S/C20H27N3O2/c1-22-11-10-17-16-8-4-5-9-18(16)23(19(17)20(22)25)13-15(24)12-21-14-6-2-3-7-14/h4-5,8-9,14-15,21,24H,2-3,6-7,10-13H2,1H3. The second kappa shape index (κ2) is 6.81. The van der Waals surface area contributed by atoms with Crippen LogP contribution in [0.15, 0.2) is 24.3 Å². The Labute approximate surface area is 148 Å². The topological polar surface area (TPSA) is 57.5 Å². The van der Waals surface area contributed by atoms with E-state index in [0.717, 1.165) is 35.1 Å². The molecule has 25 heavy (non-hydrogen) atoms. The van der Waals surface area contributed by atoms with Crippen molar-refractivity contribution in [2.24, 2.45) is 0 Å². The van der Waals surface area contributed by atoms with Gasteiger partial charge in [-0.2, -0.15) is 0 Å². The van der Waals surface area contributed by atoms with Crippen LogP contribution in [-0.2, 0) is 13.0 Å². The van der Waals surface area contributed by atoms with Crippen LogP contribution >= 0.6 is 0 Å². The monoisotopic (exact) mass is 341 g/mol. The van der Waals surface area contributed by atoms with Gasteiger partial charge in [0.1, 0.15) is 5.69 Å². The van der Waals surface area contributed by atoms with Crippen molar-refractivity contribution in [1.29, 1.82) is 0 Å². The minimum absolute atomic E-state index is 0.0633. The van der Waals surface area contributed by atoms with Crippen LogP contribution in [0.3, 0.4) is 0 Å². The van der Waals surface area contributed by atoms with E-state index in [1.54, 1.807) is 4.90 Å². The average molecular weight is 341 g/mol. The summed E-state index contributed by atoms with van der Waals surface area (Å²) in [6.07, 6.45) is 5.35. The molecule has 0 saturated heterocycles. The molecule has 5 heteroatoms. The van der Waals surface area contributed by atoms with Crippen LogP contribution in [0.4, 0.5) is 0 Å². The molecule has 5 nitrogen and oxygen atoms in total. The fraction of sp³-hybridized carbons (Fsp3) is 0.550. The number of carbonyl (C=O) groups is 1. The Morgan fingerprint density at radius 3 is 2.84 bits per heavy atom. The first kappa shape index (κ1) is 16.6. The molecular weight excluding hydrogens is 314 g/mol. The van der Waals surface area contributed by atoms with Crippen LogP contribution < -0.4 is 5.32 Å². The molecule has 1 aliphatic carbocycles. The maximum atomic E-state index is 12.8. The number of rotatable bonds is 5. The van der Waals surface area contributed by atoms with Crippen molar-refractivity contribution in [2.45, 2.75) is 50.8 Å². The van der Waals surface area contributed by atoms with E-state index in [9.17, 15) is 9.90 Å². The zero-order chi connectivity index (χ0) is 17.4. The average Bonchev–Trinajstić information content (AvgIpc) is 3.24. The lowest BCUT2D eigenvalue weighted by Gasteiger charge is -2.25. The van der Waals surface area contributed by atoms with Crippen LogP contribution in [0.1, 0.15) is 41.7 Å². The normalized spacial score (nSPS) is 19.6. The first-order valence-corrected chi connectivity index (χ1v) is 9.42. The van der Waals surface area contributed by atoms with Gasteiger partial charge in [0.25, 0.3) is 5.91 Å². The lowest BCUT2D eigenvalue weighted by atomic mass is 10.0. The van der Waals surface area contributed by atoms with Crippen LogP contribution in [-0.4, -0.2) is 52.8 Å². The number of hydrogen-bond donors (Lipinski definition) is 2. The molecule has 2 aliphatic rings. The van der Waals surface area contributed by atoms with Gasteiger partial charge >= 0.3 is 0 Å². The zero-order valence-corrected chi connectivity index (χ0v) is 14.9. The maximum Gasteiger partial charge on any atom is 0.270 e. The molecule has 0 spiro atoms. The highest BCUT2D eigenvalue weighted by atomic mass is 16.3. The number of amides is 1. The van der Waals surface area contributed by atoms with Crippen molar-refractivity contribution in [1.82, 2.24) is 14.8 Å². The summed E-state index contributed by atoms with van der Waals surface area (Å²) in [4.78, 5) is 14.5. The Balaban J connectivity index is 1.61. The summed E-state index contributed by atoms with van der Waals surface area (Å²) in [6, 6.07) is 8.71. The van der Waals surface area contributed by atoms with Crippen LogP contribution in [0.25, 0.3) is 10.9 Å². The molecule has 4 rings (SSSR count). The number of nitrogens with one attached hydrogen (secondary N) is 1. The molecule has 1 unspecified atom stereocenters. The third-order valence-electron chi connectivity index (χ3n) is 5.71. The largest absolute Gasteiger partial charge is 0.390 e. The Kier molecular flexibility index (Phi) is 4.52. The highest BCUT2D eigenvalue weighted by Crippen LogP contribution is 2.30. The lowest BCUT2D eigenvalue weighted by Crippen LogP contribution is -2.38. The number of nitrogens with zero attached hydrogens (tertiary/aromatic N) is 2. The van der Waals surface area contributed by atoms with Gasteiger partial charge < -0.3 is 19.9 Å². The SMILES string of the molecule is CN1CCc2c(n(CC(O)CNC3CCCC3)c3ccccc23)C1=O. The van der Waals surface area contributed by atoms with E-state index < -0.39 is 6.10 Å². The second-order valence-electron chi connectivity index (χ2n) is 7.48. The number of benzene rings is 1. The van der Waals surface area contributed by atoms with Gasteiger partial charge in [0.15, 0.2) is 0 Å². The molecule has 2 heterocycles. The molecule has 1 aliphatic heterocycles. The Hall–Kier alpha value is -1.85. The molecule has 2 aromatic rings. The molecule has 1 atom stereocenters. The number of para-hydroxylation sites is 1. The predicted molar refractivity (Wildman–Crippen MR) is 98.9 cm³/mol. The summed E-state index contributed by atoms with van der Waals surface area (Å²) >= 11 is 0. The highest BCUT2D eigenvalue weighted by Gasteiger charge is 2.29. The minimum atomic E-state index is -0.500. The summed E-state index contributed by atoms with van der Waals surface area (Å²) in [7, 11) is 1.85. The van der Waals surface area contributed by atoms with E-state index in [0.29, 0.717) is 19.1 Å². The van der Waals surface area contributed by atoms with Gasteiger partial charge in [-0.15, -0.1) is 0 Å². The minimum Gasteiger partial charge on any atom is -0.390 e. The van der Waals surface area contributed by atoms with Crippen molar-refractivity contribution < 1.29 is 9.90 Å². The molecule has 1 aromatic carbocycles. The van der Waals surface area contributed by atoms with Gasteiger partial charge in [-0.05, 0) is 30.9 Å². The molecule has 1 fully saturated rings. The number of carbonyl (C=O) groups excluding carboxylic acids is 1. The molecule has 1 saturated carbocycles. The van der Waals surface area contributed by atoms with Crippen LogP contribution in [0, 0.1) is 0 Å². The summed E-state index contributed by atoms with van der Waals surface area (Å²) in [5, 5.41) is 15.2. The van der Waals surface area contributed by atoms with Crippen molar-refractivity contribution in [3.63, 3.8) is 0 Å². The van der Waals surface area contributed by atoms with Gasteiger partial charge in [-0.25, -0.2) is 0 Å². The quantitative estimate of drug-likeness (QED) is 0.876. The summed E-state index contributed by atoms with van der Waals surface area (Å²) in [6.45, 7) is 1.79. The van der Waals surface area contributed by atoms with Crippen molar-refractivity contribution in [3.05, 3.63) is 35.5 Å². The summed E-state index contributed by atoms with van der Waals surface area (Å²) < 4.78 is 2.03. The van der Waals surface area contributed by atoms with E-state index in [1.165, 1.54) is 25.7 Å². The molecule has 1 amide bonds. The van der Waals surface area contributed by atoms with Gasteiger partial charge in [0, 0.05) is 37.1 Å². The summed E-state index contributed by atoms with van der Waals surface area (Å²) in [5.74, 6) is 0.0633. The Morgan fingerprint density at radius 2 is 2.04 bits per heavy atom. The van der Waals surface area contributed by atoms with E-state index in [4.69, 9.17) is 0 Å². The van der Waals surface area contributed by atoms with E-state index in [2.05, 4.69) is 17.4 Å². The Morgan fingerprint density at radius 1 is 1.28 bits per heavy atom. The Bertz CT molecular complexity index is 777. The van der Waals surface area contributed by atoms with E-state index >= 15 is 0 Å². The fourth-order valence-electron chi connectivity index (χ4n) is 4.33. The van der Waals surface area contributed by atoms with Gasteiger partial charge in [-0.1, -0.05) is 31.0 Å². The number of aliphatic hydroxyl groups is 1. The number of fused-ring (bicyclic) bond motifs is 3. The van der Waals surface area contributed by atoms with Crippen molar-refractivity contribution in [3.8, 4) is 0 Å². The molecule has 0 bridgehead atoms. The lowest BCUT2D eigenvalue weighted by molar-refractivity contribution is 0.0763. The predicted octanol–water partition coefficient (Wildman–Crippen LogP) is 2.16. The third-order valence-corrected chi connectivity index (χ3v) is 5.71. The fourth-order valence-corrected chi connectivity index (χ4v) is 4.33. The van der Waals surface area contributed by atoms with Gasteiger partial charge in [0.05, 0.1) is 12.6 Å². The zero-order valence-electron chi connectivity index (χ0n) is 14.9. The van der Waals surface area contributed by atoms with E-state index in [1.807, 2.05) is 23.7 Å². The number of hydrogen-bond acceptors (Lipinski definition) is 3. The summed E-state index contributed by atoms with van der Waals surface area (Å²) in [5.41, 5.74) is 2.94. The first-order chi connectivity index (χ1) is 12.1. The third kappa shape index (κ3) is 3.07. The van der Waals surface area contributed by atoms with Crippen LogP contribution in [0.2, 0.25) is 0 Å². The molecule has 1 aromatic heterocycles. The molecule has 134 valence electrons. The van der Waals surface area contributed by atoms with Crippen molar-refractivity contribution >= 4 is 16.8 Å². The molecule has 0 radical (unpaired) electrons. The second-order valence-corrected chi connectivity index (χ2v) is 7.48. The maximum absolute atomic E-state index is 12.8. The van der Waals surface area contributed by atoms with Gasteiger partial charge in [0.2, 0.25) is 0 Å². The van der Waals surface area contributed by atoms with Crippen molar-refractivity contribution in [2.75, 3.05) is 20.1 Å². The van der Waals surface area contributed by atoms with Crippen LogP contribution in [0.5, 0.6) is 0 Å². The number of aromatic nitrogens is 1. The van der Waals surface area contributed by atoms with E-state index in [-0.39, 0.29) is 5.91 Å². The smallest absolute Gasteiger partial charge is 0.270 e.